The van der Waals surface area contributed by atoms with E-state index in [4.69, 9.17) is 45.0 Å². The molecule has 0 atom stereocenters. The first kappa shape index (κ1) is 8.82. The molecule has 0 rings (SSSR count). The molecule has 0 saturated heterocycles. The lowest BCUT2D eigenvalue weighted by Crippen LogP contribution is -1.23. The van der Waals surface area contributed by atoms with E-state index >= 15 is 0 Å². The van der Waals surface area contributed by atoms with Crippen LogP contribution in [0.4, 0.5) is 0 Å². The number of rotatable bonds is 1. The highest BCUT2D eigenvalue weighted by Gasteiger charge is 1.91. The largest absolute Gasteiger partial charge is 0.220 e. The monoisotopic (exact) mass is 217 g/mol. The summed E-state index contributed by atoms with van der Waals surface area (Å²) in [6.45, 7) is -1.29. The van der Waals surface area contributed by atoms with E-state index in [1.165, 1.54) is 0 Å². The van der Waals surface area contributed by atoms with Crippen molar-refractivity contribution in [1.29, 1.82) is 0 Å². The Labute approximate surface area is 62.7 Å². The molecule has 1 nitrogen and oxygen atoms in total. The molecule has 44 valence electrons. The first-order chi connectivity index (χ1) is 3.13. The Bertz CT molecular complexity index is 73.8. The summed E-state index contributed by atoms with van der Waals surface area (Å²) in [5.74, 6) is 0. The molecule has 0 aliphatic rings. The zero-order valence-corrected chi connectivity index (χ0v) is 7.82. The Balaban J connectivity index is 3.45. The Morgan fingerprint density at radius 2 is 1.71 bits per heavy atom. The lowest BCUT2D eigenvalue weighted by Gasteiger charge is -1.85. The van der Waals surface area contributed by atoms with E-state index in [2.05, 4.69) is 4.52 Å². The van der Waals surface area contributed by atoms with Gasteiger partial charge in [-0.1, -0.05) is 45.0 Å². The average Bonchev–Trinajstić information content (AvgIpc) is 1.27. The van der Waals surface area contributed by atoms with Crippen LogP contribution in [-0.4, -0.2) is 0 Å². The summed E-state index contributed by atoms with van der Waals surface area (Å²) < 4.78 is 3.51. The molecule has 0 amide bonds. The Hall–Kier alpha value is 1.82. The summed E-state index contributed by atoms with van der Waals surface area (Å²) in [5, 5.41) is 0. The SMILES string of the molecule is ClP(Cl)N=[PH](Cl)Cl. The van der Waals surface area contributed by atoms with Crippen molar-refractivity contribution in [2.24, 2.45) is 4.52 Å². The van der Waals surface area contributed by atoms with Crippen LogP contribution in [0.25, 0.3) is 0 Å². The van der Waals surface area contributed by atoms with Crippen LogP contribution >= 0.6 is 58.2 Å². The lowest BCUT2D eigenvalue weighted by molar-refractivity contribution is 2.08. The quantitative estimate of drug-likeness (QED) is 0.579. The van der Waals surface area contributed by atoms with Gasteiger partial charge in [-0.15, -0.1) is 0 Å². The highest BCUT2D eigenvalue weighted by Crippen LogP contribution is 2.56. The van der Waals surface area contributed by atoms with Gasteiger partial charge in [-0.2, -0.15) is 0 Å². The fourth-order valence-electron chi connectivity index (χ4n) is 0.0571. The van der Waals surface area contributed by atoms with Crippen molar-refractivity contribution in [2.45, 2.75) is 0 Å². The molecule has 0 aromatic heterocycles. The molecule has 0 unspecified atom stereocenters. The van der Waals surface area contributed by atoms with Gasteiger partial charge in [0, 0.05) is 0 Å². The predicted molar refractivity (Wildman–Crippen MR) is 41.1 cm³/mol. The van der Waals surface area contributed by atoms with Gasteiger partial charge in [0.05, 0.1) is 0 Å². The molecule has 0 aliphatic carbocycles. The molecule has 0 saturated carbocycles. The third kappa shape index (κ3) is 7.82. The first-order valence-corrected chi connectivity index (χ1v) is 7.72. The topological polar surface area (TPSA) is 12.4 Å². The van der Waals surface area contributed by atoms with Crippen molar-refractivity contribution in [3.05, 3.63) is 0 Å². The molecule has 0 aromatic rings. The maximum Gasteiger partial charge on any atom is 0.207 e. The normalized spacial score (nSPS) is 10.6. The summed E-state index contributed by atoms with van der Waals surface area (Å²) in [7, 11) is 0. The summed E-state index contributed by atoms with van der Waals surface area (Å²) in [4.78, 5) is 0. The van der Waals surface area contributed by atoms with Gasteiger partial charge in [0.15, 0.2) is 0 Å². The Kier molecular flexibility index (Phi) is 5.89. The van der Waals surface area contributed by atoms with Crippen LogP contribution in [0.1, 0.15) is 0 Å². The van der Waals surface area contributed by atoms with Crippen LogP contribution in [-0.2, 0) is 0 Å². The molecule has 7 heavy (non-hydrogen) atoms. The third-order valence-electron chi connectivity index (χ3n) is 0.151. The summed E-state index contributed by atoms with van der Waals surface area (Å²) in [6, 6.07) is 0. The molecule has 7 heteroatoms. The fraction of sp³-hybridized carbons (Fsp3) is 0. The number of halogens is 4. The molecule has 0 heterocycles. The van der Waals surface area contributed by atoms with E-state index in [1.807, 2.05) is 0 Å². The van der Waals surface area contributed by atoms with E-state index in [9.17, 15) is 0 Å². The minimum absolute atomic E-state index is 1.29. The molecule has 0 bridgehead atoms. The van der Waals surface area contributed by atoms with Gasteiger partial charge in [0.2, 0.25) is 6.78 Å². The number of hydrogen-bond acceptors (Lipinski definition) is 1. The van der Waals surface area contributed by atoms with Crippen LogP contribution in [0.5, 0.6) is 0 Å². The lowest BCUT2D eigenvalue weighted by atomic mass is 13.9. The molecular formula is HCl4NP2. The maximum absolute atomic E-state index is 5.22. The first-order valence-electron chi connectivity index (χ1n) is 1.14. The number of nitrogens with zero attached hydrogens (tertiary/aromatic N) is 1. The van der Waals surface area contributed by atoms with E-state index in [0.717, 1.165) is 0 Å². The Morgan fingerprint density at radius 1 is 1.29 bits per heavy atom. The van der Waals surface area contributed by atoms with Gasteiger partial charge < -0.3 is 0 Å². The Morgan fingerprint density at radius 3 is 1.71 bits per heavy atom. The fourth-order valence-corrected chi connectivity index (χ4v) is 4.63. The highest BCUT2D eigenvalue weighted by atomic mass is 35.9. The molecule has 0 N–H and O–H groups in total. The van der Waals surface area contributed by atoms with Gasteiger partial charge in [0.1, 0.15) is 6.42 Å². The molecule has 0 radical (unpaired) electrons. The van der Waals surface area contributed by atoms with Crippen molar-refractivity contribution in [3.8, 4) is 0 Å². The highest BCUT2D eigenvalue weighted by molar-refractivity contribution is 8.09. The summed E-state index contributed by atoms with van der Waals surface area (Å²) in [6.07, 6.45) is -1.60. The van der Waals surface area contributed by atoms with E-state index in [-0.39, 0.29) is 0 Å². The standard InChI is InChI=1S/Cl4HNP2/c1-6(2)5-7(3)4/h6H. The minimum atomic E-state index is -1.60. The van der Waals surface area contributed by atoms with Gasteiger partial charge in [-0.05, 0) is 0 Å². The van der Waals surface area contributed by atoms with Crippen LogP contribution in [0, 0.1) is 0 Å². The van der Waals surface area contributed by atoms with Crippen LogP contribution < -0.4 is 0 Å². The zero-order chi connectivity index (χ0) is 5.86. The van der Waals surface area contributed by atoms with Gasteiger partial charge in [-0.3, -0.25) is 0 Å². The smallest absolute Gasteiger partial charge is 0.207 e. The van der Waals surface area contributed by atoms with Crippen molar-refractivity contribution in [1.82, 2.24) is 0 Å². The second-order valence-corrected chi connectivity index (χ2v) is 7.44. The van der Waals surface area contributed by atoms with Gasteiger partial charge in [0.25, 0.3) is 0 Å². The molecule has 0 aliphatic heterocycles. The second-order valence-electron chi connectivity index (χ2n) is 0.556. The number of hydrogen-bond donors (Lipinski definition) is 0. The zero-order valence-electron chi connectivity index (χ0n) is 2.91. The van der Waals surface area contributed by atoms with Gasteiger partial charge in [-0.25, -0.2) is 4.52 Å². The molecule has 0 fully saturated rings. The molecular weight excluding hydrogens is 218 g/mol. The van der Waals surface area contributed by atoms with E-state index in [0.29, 0.717) is 0 Å². The second kappa shape index (κ2) is 4.68. The minimum Gasteiger partial charge on any atom is -0.220 e. The van der Waals surface area contributed by atoms with Crippen molar-refractivity contribution in [3.63, 3.8) is 0 Å². The third-order valence-corrected chi connectivity index (χ3v) is 4.08. The van der Waals surface area contributed by atoms with Crippen molar-refractivity contribution >= 4 is 58.2 Å². The molecule has 0 aromatic carbocycles. The van der Waals surface area contributed by atoms with Crippen LogP contribution in [0.3, 0.4) is 0 Å². The molecule has 0 spiro atoms. The summed E-state index contributed by atoms with van der Waals surface area (Å²) >= 11 is 20.8. The van der Waals surface area contributed by atoms with Crippen molar-refractivity contribution < 1.29 is 0 Å². The van der Waals surface area contributed by atoms with Crippen molar-refractivity contribution in [2.75, 3.05) is 0 Å². The van der Waals surface area contributed by atoms with E-state index in [1.54, 1.807) is 0 Å². The maximum atomic E-state index is 5.22. The van der Waals surface area contributed by atoms with Crippen LogP contribution in [0.15, 0.2) is 4.52 Å². The van der Waals surface area contributed by atoms with E-state index < -0.39 is 13.2 Å². The summed E-state index contributed by atoms with van der Waals surface area (Å²) in [5.41, 5.74) is 0. The van der Waals surface area contributed by atoms with Gasteiger partial charge >= 0.3 is 0 Å². The average molecular weight is 219 g/mol. The predicted octanol–water partition coefficient (Wildman–Crippen LogP) is 4.40. The van der Waals surface area contributed by atoms with Crippen LogP contribution in [0.2, 0.25) is 0 Å².